The predicted molar refractivity (Wildman–Crippen MR) is 59.3 cm³/mol. The Kier molecular flexibility index (Phi) is 3.33. The zero-order chi connectivity index (χ0) is 13.0. The van der Waals surface area contributed by atoms with E-state index in [1.807, 2.05) is 0 Å². The lowest BCUT2D eigenvalue weighted by Gasteiger charge is -2.05. The molecule has 1 heterocycles. The lowest BCUT2D eigenvalue weighted by Crippen LogP contribution is -1.99. The maximum atomic E-state index is 10.8. The van der Waals surface area contributed by atoms with Crippen LogP contribution in [0.15, 0.2) is 35.2 Å². The molecule has 1 aromatic carbocycles. The number of aromatic nitrogens is 1. The zero-order valence-electron chi connectivity index (χ0n) is 9.11. The number of benzene rings is 1. The van der Waals surface area contributed by atoms with Gasteiger partial charge in [-0.25, -0.2) is 0 Å². The standard InChI is InChI=1S/C11H8N2O5/c14-5-8-1-2-10(13(15)16)11(3-8)17-6-9-4-12-18-7-9/h1-5,7H,6H2. The molecule has 18 heavy (non-hydrogen) atoms. The van der Waals surface area contributed by atoms with Gasteiger partial charge in [-0.2, -0.15) is 0 Å². The molecule has 92 valence electrons. The third kappa shape index (κ3) is 2.51. The molecule has 7 nitrogen and oxygen atoms in total. The fourth-order valence-electron chi connectivity index (χ4n) is 1.33. The van der Waals surface area contributed by atoms with Crippen LogP contribution >= 0.6 is 0 Å². The van der Waals surface area contributed by atoms with Gasteiger partial charge in [0, 0.05) is 17.2 Å². The van der Waals surface area contributed by atoms with Gasteiger partial charge < -0.3 is 9.26 Å². The molecule has 1 aromatic heterocycles. The average molecular weight is 248 g/mol. The predicted octanol–water partition coefficient (Wildman–Crippen LogP) is 1.97. The summed E-state index contributed by atoms with van der Waals surface area (Å²) in [4.78, 5) is 20.8. The molecule has 0 aliphatic rings. The van der Waals surface area contributed by atoms with E-state index in [0.29, 0.717) is 17.4 Å². The average Bonchev–Trinajstić information content (AvgIpc) is 2.88. The van der Waals surface area contributed by atoms with E-state index in [1.54, 1.807) is 0 Å². The van der Waals surface area contributed by atoms with E-state index in [2.05, 4.69) is 9.68 Å². The molecule has 0 radical (unpaired) electrons. The van der Waals surface area contributed by atoms with E-state index in [-0.39, 0.29) is 18.0 Å². The van der Waals surface area contributed by atoms with Gasteiger partial charge >= 0.3 is 5.69 Å². The summed E-state index contributed by atoms with van der Waals surface area (Å²) < 4.78 is 9.89. The largest absolute Gasteiger partial charge is 0.482 e. The quantitative estimate of drug-likeness (QED) is 0.456. The second kappa shape index (κ2) is 5.09. The van der Waals surface area contributed by atoms with Crippen LogP contribution in [0, 0.1) is 10.1 Å². The van der Waals surface area contributed by atoms with E-state index in [1.165, 1.54) is 30.7 Å². The molecule has 0 saturated heterocycles. The van der Waals surface area contributed by atoms with Crippen molar-refractivity contribution < 1.29 is 19.0 Å². The molecule has 7 heteroatoms. The summed E-state index contributed by atoms with van der Waals surface area (Å²) in [7, 11) is 0. The summed E-state index contributed by atoms with van der Waals surface area (Å²) in [6.07, 6.45) is 3.40. The molecule has 0 amide bonds. The van der Waals surface area contributed by atoms with E-state index in [0.717, 1.165) is 0 Å². The first kappa shape index (κ1) is 11.8. The van der Waals surface area contributed by atoms with Gasteiger partial charge in [0.15, 0.2) is 5.75 Å². The van der Waals surface area contributed by atoms with Crippen LogP contribution in [0.4, 0.5) is 5.69 Å². The molecule has 0 aliphatic carbocycles. The van der Waals surface area contributed by atoms with Gasteiger partial charge in [-0.15, -0.1) is 0 Å². The topological polar surface area (TPSA) is 95.5 Å². The molecule has 0 spiro atoms. The number of hydrogen-bond donors (Lipinski definition) is 0. The van der Waals surface area contributed by atoms with Gasteiger partial charge in [0.2, 0.25) is 0 Å². The van der Waals surface area contributed by atoms with E-state index in [4.69, 9.17) is 4.74 Å². The highest BCUT2D eigenvalue weighted by Gasteiger charge is 2.15. The Morgan fingerprint density at radius 1 is 1.50 bits per heavy atom. The summed E-state index contributed by atoms with van der Waals surface area (Å²) in [6.45, 7) is 0.0760. The second-order valence-electron chi connectivity index (χ2n) is 3.42. The van der Waals surface area contributed by atoms with Crippen molar-refractivity contribution >= 4 is 12.0 Å². The van der Waals surface area contributed by atoms with E-state index in [9.17, 15) is 14.9 Å². The number of carbonyl (C=O) groups excluding carboxylic acids is 1. The van der Waals surface area contributed by atoms with Gasteiger partial charge in [-0.3, -0.25) is 14.9 Å². The molecule has 2 aromatic rings. The Morgan fingerprint density at radius 3 is 2.94 bits per heavy atom. The number of nitrogens with zero attached hydrogens (tertiary/aromatic N) is 2. The van der Waals surface area contributed by atoms with Crippen LogP contribution in [0.3, 0.4) is 0 Å². The maximum absolute atomic E-state index is 10.8. The van der Waals surface area contributed by atoms with E-state index < -0.39 is 4.92 Å². The van der Waals surface area contributed by atoms with Crippen molar-refractivity contribution in [1.29, 1.82) is 0 Å². The Morgan fingerprint density at radius 2 is 2.33 bits per heavy atom. The highest BCUT2D eigenvalue weighted by molar-refractivity contribution is 5.76. The van der Waals surface area contributed by atoms with Gasteiger partial charge in [0.25, 0.3) is 0 Å². The highest BCUT2D eigenvalue weighted by atomic mass is 16.6. The Labute approximate surface area is 101 Å². The molecule has 0 aliphatic heterocycles. The third-order valence-electron chi connectivity index (χ3n) is 2.19. The number of rotatable bonds is 5. The van der Waals surface area contributed by atoms with Crippen molar-refractivity contribution in [3.05, 3.63) is 51.9 Å². The van der Waals surface area contributed by atoms with Crippen molar-refractivity contribution in [1.82, 2.24) is 5.16 Å². The Balaban J connectivity index is 2.23. The molecule has 0 N–H and O–H groups in total. The summed E-state index contributed by atoms with van der Waals surface area (Å²) >= 11 is 0. The first-order chi connectivity index (χ1) is 8.70. The lowest BCUT2D eigenvalue weighted by molar-refractivity contribution is -0.385. The first-order valence-electron chi connectivity index (χ1n) is 4.95. The zero-order valence-corrected chi connectivity index (χ0v) is 9.11. The van der Waals surface area contributed by atoms with Crippen LogP contribution in [-0.4, -0.2) is 16.4 Å². The highest BCUT2D eigenvalue weighted by Crippen LogP contribution is 2.28. The summed E-state index contributed by atoms with van der Waals surface area (Å²) in [5, 5.41) is 14.3. The number of carbonyl (C=O) groups is 1. The van der Waals surface area contributed by atoms with Crippen LogP contribution in [0.2, 0.25) is 0 Å². The fourth-order valence-corrected chi connectivity index (χ4v) is 1.33. The minimum Gasteiger partial charge on any atom is -0.482 e. The van der Waals surface area contributed by atoms with Crippen LogP contribution in [-0.2, 0) is 6.61 Å². The SMILES string of the molecule is O=Cc1ccc([N+](=O)[O-])c(OCc2cnoc2)c1. The van der Waals surface area contributed by atoms with Crippen LogP contribution < -0.4 is 4.74 Å². The summed E-state index contributed by atoms with van der Waals surface area (Å²) in [6, 6.07) is 3.91. The molecule has 0 bridgehead atoms. The van der Waals surface area contributed by atoms with Crippen LogP contribution in [0.25, 0.3) is 0 Å². The fraction of sp³-hybridized carbons (Fsp3) is 0.0909. The van der Waals surface area contributed by atoms with Crippen molar-refractivity contribution in [3.8, 4) is 5.75 Å². The van der Waals surface area contributed by atoms with E-state index >= 15 is 0 Å². The van der Waals surface area contributed by atoms with Crippen LogP contribution in [0.5, 0.6) is 5.75 Å². The van der Waals surface area contributed by atoms with Crippen molar-refractivity contribution in [2.45, 2.75) is 6.61 Å². The number of aldehydes is 1. The van der Waals surface area contributed by atoms with Crippen LogP contribution in [0.1, 0.15) is 15.9 Å². The van der Waals surface area contributed by atoms with Gasteiger partial charge in [-0.1, -0.05) is 5.16 Å². The monoisotopic (exact) mass is 248 g/mol. The van der Waals surface area contributed by atoms with Gasteiger partial charge in [0.1, 0.15) is 19.2 Å². The Hall–Kier alpha value is -2.70. The normalized spacial score (nSPS) is 10.0. The smallest absolute Gasteiger partial charge is 0.310 e. The third-order valence-corrected chi connectivity index (χ3v) is 2.19. The van der Waals surface area contributed by atoms with Gasteiger partial charge in [-0.05, 0) is 12.1 Å². The molecular weight excluding hydrogens is 240 g/mol. The molecule has 0 fully saturated rings. The van der Waals surface area contributed by atoms with Gasteiger partial charge in [0.05, 0.1) is 11.1 Å². The Bertz CT molecular complexity index is 565. The second-order valence-corrected chi connectivity index (χ2v) is 3.42. The summed E-state index contributed by atoms with van der Waals surface area (Å²) in [5.41, 5.74) is 0.749. The maximum Gasteiger partial charge on any atom is 0.310 e. The minimum atomic E-state index is -0.572. The van der Waals surface area contributed by atoms with Crippen molar-refractivity contribution in [3.63, 3.8) is 0 Å². The molecule has 0 atom stereocenters. The minimum absolute atomic E-state index is 0.0331. The number of nitro benzene ring substituents is 1. The number of ether oxygens (including phenoxy) is 1. The van der Waals surface area contributed by atoms with Crippen molar-refractivity contribution in [2.75, 3.05) is 0 Å². The lowest BCUT2D eigenvalue weighted by atomic mass is 10.2. The summed E-state index contributed by atoms with van der Waals surface area (Å²) in [5.74, 6) is 0.0331. The number of nitro groups is 1. The molecule has 0 unspecified atom stereocenters. The molecular formula is C11H8N2O5. The van der Waals surface area contributed by atoms with Crippen molar-refractivity contribution in [2.24, 2.45) is 0 Å². The first-order valence-corrected chi connectivity index (χ1v) is 4.95. The molecule has 2 rings (SSSR count). The number of hydrogen-bond acceptors (Lipinski definition) is 6. The molecule has 0 saturated carbocycles.